The molecule has 1 saturated carbocycles. The maximum atomic E-state index is 13.7. The Labute approximate surface area is 171 Å². The monoisotopic (exact) mass is 402 g/mol. The van der Waals surface area contributed by atoms with Crippen molar-refractivity contribution in [2.75, 3.05) is 37.7 Å². The summed E-state index contributed by atoms with van der Waals surface area (Å²) in [6.45, 7) is 3.45. The largest absolute Gasteiger partial charge is 0.355 e. The van der Waals surface area contributed by atoms with Crippen molar-refractivity contribution in [1.82, 2.24) is 15.5 Å². The second-order valence-electron chi connectivity index (χ2n) is 8.57. The normalized spacial score (nSPS) is 22.7. The number of anilines is 1. The SMILES string of the molecule is O=C(NCCN1CCC2(CC1)C(=O)NCN2c1cccc(F)c1)C1CCCCC1. The van der Waals surface area contributed by atoms with Crippen LogP contribution < -0.4 is 15.5 Å². The number of benzene rings is 1. The van der Waals surface area contributed by atoms with Gasteiger partial charge >= 0.3 is 0 Å². The minimum absolute atomic E-state index is 0.0343. The summed E-state index contributed by atoms with van der Waals surface area (Å²) in [7, 11) is 0. The number of halogens is 1. The lowest BCUT2D eigenvalue weighted by atomic mass is 9.85. The summed E-state index contributed by atoms with van der Waals surface area (Å²) in [5, 5.41) is 6.04. The third-order valence-corrected chi connectivity index (χ3v) is 6.84. The summed E-state index contributed by atoms with van der Waals surface area (Å²) in [5.41, 5.74) is 0.145. The predicted octanol–water partition coefficient (Wildman–Crippen LogP) is 2.25. The van der Waals surface area contributed by atoms with Gasteiger partial charge in [-0.15, -0.1) is 0 Å². The molecule has 6 nitrogen and oxygen atoms in total. The number of piperidine rings is 1. The molecule has 3 aliphatic rings. The Morgan fingerprint density at radius 1 is 1.21 bits per heavy atom. The van der Waals surface area contributed by atoms with Gasteiger partial charge in [-0.2, -0.15) is 0 Å². The van der Waals surface area contributed by atoms with Crippen molar-refractivity contribution < 1.29 is 14.0 Å². The average Bonchev–Trinajstić information content (AvgIpc) is 3.06. The molecule has 0 bridgehead atoms. The fraction of sp³-hybridized carbons (Fsp3) is 0.636. The van der Waals surface area contributed by atoms with Gasteiger partial charge in [-0.25, -0.2) is 4.39 Å². The number of hydrogen-bond donors (Lipinski definition) is 2. The first-order valence-electron chi connectivity index (χ1n) is 10.9. The van der Waals surface area contributed by atoms with Crippen molar-refractivity contribution in [3.8, 4) is 0 Å². The highest BCUT2D eigenvalue weighted by Crippen LogP contribution is 2.36. The van der Waals surface area contributed by atoms with Crippen LogP contribution in [0.2, 0.25) is 0 Å². The molecule has 0 atom stereocenters. The van der Waals surface area contributed by atoms with Gasteiger partial charge in [0.1, 0.15) is 11.4 Å². The van der Waals surface area contributed by atoms with Gasteiger partial charge in [0.05, 0.1) is 6.67 Å². The molecule has 2 aliphatic heterocycles. The van der Waals surface area contributed by atoms with Crippen LogP contribution >= 0.6 is 0 Å². The lowest BCUT2D eigenvalue weighted by Crippen LogP contribution is -2.57. The molecule has 1 aromatic rings. The van der Waals surface area contributed by atoms with E-state index in [-0.39, 0.29) is 23.5 Å². The van der Waals surface area contributed by atoms with Crippen LogP contribution in [0, 0.1) is 11.7 Å². The Morgan fingerprint density at radius 2 is 1.97 bits per heavy atom. The Kier molecular flexibility index (Phi) is 6.04. The second-order valence-corrected chi connectivity index (χ2v) is 8.57. The van der Waals surface area contributed by atoms with E-state index in [1.807, 2.05) is 11.0 Å². The molecule has 4 rings (SSSR count). The summed E-state index contributed by atoms with van der Waals surface area (Å²) in [4.78, 5) is 29.3. The molecule has 0 unspecified atom stereocenters. The maximum absolute atomic E-state index is 13.7. The maximum Gasteiger partial charge on any atom is 0.247 e. The van der Waals surface area contributed by atoms with Crippen molar-refractivity contribution in [1.29, 1.82) is 0 Å². The summed E-state index contributed by atoms with van der Waals surface area (Å²) in [6.07, 6.45) is 7.01. The number of nitrogens with one attached hydrogen (secondary N) is 2. The van der Waals surface area contributed by atoms with Crippen molar-refractivity contribution in [3.05, 3.63) is 30.1 Å². The molecule has 1 spiro atoms. The number of likely N-dealkylation sites (tertiary alicyclic amines) is 1. The standard InChI is InChI=1S/C22H31FN4O2/c23-18-7-4-8-19(15-18)27-16-25-21(29)22(27)9-12-26(13-10-22)14-11-24-20(28)17-5-2-1-3-6-17/h4,7-8,15,17H,1-3,5-6,9-14,16H2,(H,24,28)(H,25,29). The highest BCUT2D eigenvalue weighted by molar-refractivity contribution is 5.93. The Morgan fingerprint density at radius 3 is 2.69 bits per heavy atom. The zero-order valence-electron chi connectivity index (χ0n) is 17.0. The number of rotatable bonds is 5. The van der Waals surface area contributed by atoms with E-state index in [1.165, 1.54) is 18.6 Å². The van der Waals surface area contributed by atoms with Gasteiger partial charge in [0, 0.05) is 37.8 Å². The summed E-state index contributed by atoms with van der Waals surface area (Å²) in [5.74, 6) is 0.135. The Hall–Kier alpha value is -2.15. The van der Waals surface area contributed by atoms with Gasteiger partial charge in [-0.1, -0.05) is 25.3 Å². The van der Waals surface area contributed by atoms with Crippen LogP contribution in [-0.2, 0) is 9.59 Å². The van der Waals surface area contributed by atoms with Gasteiger partial charge < -0.3 is 20.4 Å². The molecule has 1 aromatic carbocycles. The van der Waals surface area contributed by atoms with Gasteiger partial charge in [0.15, 0.2) is 0 Å². The van der Waals surface area contributed by atoms with E-state index in [0.29, 0.717) is 26.1 Å². The third kappa shape index (κ3) is 4.25. The van der Waals surface area contributed by atoms with E-state index < -0.39 is 5.54 Å². The van der Waals surface area contributed by atoms with E-state index >= 15 is 0 Å². The zero-order chi connectivity index (χ0) is 20.3. The molecule has 2 N–H and O–H groups in total. The summed E-state index contributed by atoms with van der Waals surface area (Å²) >= 11 is 0. The number of hydrogen-bond acceptors (Lipinski definition) is 4. The number of carbonyl (C=O) groups excluding carboxylic acids is 2. The van der Waals surface area contributed by atoms with Crippen LogP contribution in [0.3, 0.4) is 0 Å². The smallest absolute Gasteiger partial charge is 0.247 e. The lowest BCUT2D eigenvalue weighted by Gasteiger charge is -2.43. The van der Waals surface area contributed by atoms with Crippen LogP contribution in [0.1, 0.15) is 44.9 Å². The van der Waals surface area contributed by atoms with Gasteiger partial charge in [-0.3, -0.25) is 9.59 Å². The first-order chi connectivity index (χ1) is 14.1. The van der Waals surface area contributed by atoms with E-state index in [1.54, 1.807) is 6.07 Å². The molecule has 0 aromatic heterocycles. The highest BCUT2D eigenvalue weighted by atomic mass is 19.1. The van der Waals surface area contributed by atoms with Crippen molar-refractivity contribution in [2.45, 2.75) is 50.5 Å². The molecular weight excluding hydrogens is 371 g/mol. The molecule has 2 amide bonds. The van der Waals surface area contributed by atoms with E-state index in [2.05, 4.69) is 15.5 Å². The first-order valence-corrected chi connectivity index (χ1v) is 10.9. The minimum atomic E-state index is -0.602. The van der Waals surface area contributed by atoms with Crippen molar-refractivity contribution in [2.24, 2.45) is 5.92 Å². The molecule has 3 fully saturated rings. The average molecular weight is 403 g/mol. The predicted molar refractivity (Wildman–Crippen MR) is 110 cm³/mol. The Bertz CT molecular complexity index is 742. The number of nitrogens with zero attached hydrogens (tertiary/aromatic N) is 2. The number of amides is 2. The summed E-state index contributed by atoms with van der Waals surface area (Å²) < 4.78 is 13.7. The molecule has 29 heavy (non-hydrogen) atoms. The van der Waals surface area contributed by atoms with Gasteiger partial charge in [-0.05, 0) is 43.9 Å². The zero-order valence-corrected chi connectivity index (χ0v) is 17.0. The fourth-order valence-corrected chi connectivity index (χ4v) is 5.06. The molecule has 0 radical (unpaired) electrons. The highest BCUT2D eigenvalue weighted by Gasteiger charge is 2.50. The van der Waals surface area contributed by atoms with Gasteiger partial charge in [0.2, 0.25) is 11.8 Å². The topological polar surface area (TPSA) is 64.7 Å². The van der Waals surface area contributed by atoms with Crippen LogP contribution in [0.4, 0.5) is 10.1 Å². The second kappa shape index (κ2) is 8.69. The summed E-state index contributed by atoms with van der Waals surface area (Å²) in [6, 6.07) is 6.46. The van der Waals surface area contributed by atoms with Gasteiger partial charge in [0.25, 0.3) is 0 Å². The number of carbonyl (C=O) groups is 2. The lowest BCUT2D eigenvalue weighted by molar-refractivity contribution is -0.126. The first kappa shape index (κ1) is 20.1. The van der Waals surface area contributed by atoms with Crippen LogP contribution in [-0.4, -0.2) is 55.1 Å². The minimum Gasteiger partial charge on any atom is -0.355 e. The Balaban J connectivity index is 1.29. The van der Waals surface area contributed by atoms with E-state index in [9.17, 15) is 14.0 Å². The van der Waals surface area contributed by atoms with Crippen LogP contribution in [0.25, 0.3) is 0 Å². The van der Waals surface area contributed by atoms with Crippen LogP contribution in [0.5, 0.6) is 0 Å². The molecule has 7 heteroatoms. The third-order valence-electron chi connectivity index (χ3n) is 6.84. The molecule has 158 valence electrons. The molecule has 2 saturated heterocycles. The van der Waals surface area contributed by atoms with Crippen molar-refractivity contribution in [3.63, 3.8) is 0 Å². The van der Waals surface area contributed by atoms with Crippen LogP contribution in [0.15, 0.2) is 24.3 Å². The quantitative estimate of drug-likeness (QED) is 0.793. The molecular formula is C22H31FN4O2. The molecule has 1 aliphatic carbocycles. The van der Waals surface area contributed by atoms with E-state index in [0.717, 1.165) is 51.0 Å². The van der Waals surface area contributed by atoms with Crippen molar-refractivity contribution >= 4 is 17.5 Å². The molecule has 2 heterocycles. The fourth-order valence-electron chi connectivity index (χ4n) is 5.06. The van der Waals surface area contributed by atoms with E-state index in [4.69, 9.17) is 0 Å².